The molecule has 1 heterocycles. The van der Waals surface area contributed by atoms with Gasteiger partial charge in [0, 0.05) is 11.1 Å². The predicted octanol–water partition coefficient (Wildman–Crippen LogP) is 3.25. The minimum absolute atomic E-state index is 0.0591. The van der Waals surface area contributed by atoms with Crippen LogP contribution in [0.5, 0.6) is 17.2 Å². The summed E-state index contributed by atoms with van der Waals surface area (Å²) in [5, 5.41) is 2.78. The molecule has 0 saturated heterocycles. The van der Waals surface area contributed by atoms with Crippen LogP contribution in [0.1, 0.15) is 15.9 Å². The van der Waals surface area contributed by atoms with Crippen LogP contribution in [0.3, 0.4) is 0 Å². The fourth-order valence-corrected chi connectivity index (χ4v) is 3.05. The summed E-state index contributed by atoms with van der Waals surface area (Å²) in [6.07, 6.45) is -0.257. The number of rotatable bonds is 7. The lowest BCUT2D eigenvalue weighted by Crippen LogP contribution is -2.42. The van der Waals surface area contributed by atoms with Crippen molar-refractivity contribution in [3.8, 4) is 17.2 Å². The van der Waals surface area contributed by atoms with E-state index in [9.17, 15) is 9.59 Å². The normalized spacial score (nSPS) is 14.6. The number of carbonyl (C=O) groups is 2. The molecule has 30 heavy (non-hydrogen) atoms. The first-order chi connectivity index (χ1) is 14.7. The first-order valence-electron chi connectivity index (χ1n) is 9.67. The van der Waals surface area contributed by atoms with E-state index in [1.54, 1.807) is 36.4 Å². The van der Waals surface area contributed by atoms with Gasteiger partial charge in [-0.2, -0.15) is 0 Å². The highest BCUT2D eigenvalue weighted by atomic mass is 16.6. The van der Waals surface area contributed by atoms with E-state index in [-0.39, 0.29) is 24.4 Å². The number of para-hydroxylation sites is 2. The predicted molar refractivity (Wildman–Crippen MR) is 111 cm³/mol. The van der Waals surface area contributed by atoms with E-state index in [0.29, 0.717) is 41.5 Å². The number of nitrogens with one attached hydrogen (secondary N) is 1. The Hall–Kier alpha value is -3.80. The van der Waals surface area contributed by atoms with E-state index in [1.165, 1.54) is 0 Å². The third kappa shape index (κ3) is 4.78. The molecule has 4 rings (SSSR count). The lowest BCUT2D eigenvalue weighted by molar-refractivity contribution is -0.123. The van der Waals surface area contributed by atoms with Gasteiger partial charge in [0.25, 0.3) is 5.91 Å². The maximum atomic E-state index is 12.4. The number of ketones is 1. The van der Waals surface area contributed by atoms with Gasteiger partial charge in [-0.05, 0) is 36.4 Å². The third-order valence-electron chi connectivity index (χ3n) is 4.62. The molecule has 3 aromatic carbocycles. The van der Waals surface area contributed by atoms with Crippen LogP contribution >= 0.6 is 0 Å². The lowest BCUT2D eigenvalue weighted by atomic mass is 10.0. The van der Waals surface area contributed by atoms with Gasteiger partial charge in [-0.25, -0.2) is 0 Å². The third-order valence-corrected chi connectivity index (χ3v) is 4.62. The number of hydrogen-bond acceptors (Lipinski definition) is 5. The molecule has 0 spiro atoms. The Morgan fingerprint density at radius 1 is 0.867 bits per heavy atom. The monoisotopic (exact) mass is 403 g/mol. The Kier molecular flexibility index (Phi) is 5.94. The van der Waals surface area contributed by atoms with E-state index in [2.05, 4.69) is 5.32 Å². The van der Waals surface area contributed by atoms with Gasteiger partial charge in [0.2, 0.25) is 0 Å². The first kappa shape index (κ1) is 19.5. The van der Waals surface area contributed by atoms with Crippen LogP contribution in [-0.2, 0) is 4.79 Å². The summed E-state index contributed by atoms with van der Waals surface area (Å²) in [6, 6.07) is 23.2. The van der Waals surface area contributed by atoms with Crippen LogP contribution in [-0.4, -0.2) is 37.6 Å². The minimum Gasteiger partial charge on any atom is -0.486 e. The average molecular weight is 403 g/mol. The van der Waals surface area contributed by atoms with Gasteiger partial charge >= 0.3 is 0 Å². The fraction of sp³-hybridized carbons (Fsp3) is 0.167. The molecule has 152 valence electrons. The number of benzene rings is 3. The van der Waals surface area contributed by atoms with Crippen molar-refractivity contribution in [1.82, 2.24) is 5.32 Å². The topological polar surface area (TPSA) is 73.9 Å². The van der Waals surface area contributed by atoms with Crippen molar-refractivity contribution in [3.05, 3.63) is 90.0 Å². The molecular formula is C24H21NO5. The zero-order chi connectivity index (χ0) is 20.8. The van der Waals surface area contributed by atoms with Gasteiger partial charge in [-0.15, -0.1) is 0 Å². The zero-order valence-corrected chi connectivity index (χ0v) is 16.2. The zero-order valence-electron chi connectivity index (χ0n) is 16.2. The Morgan fingerprint density at radius 2 is 1.53 bits per heavy atom. The van der Waals surface area contributed by atoms with Crippen molar-refractivity contribution in [2.45, 2.75) is 6.10 Å². The molecule has 0 bridgehead atoms. The standard InChI is InChI=1S/C24H21NO5/c26-23(25-14-20-15-29-21-8-4-5-9-22(21)30-20)16-28-19-12-10-18(11-13-19)24(27)17-6-2-1-3-7-17/h1-13,20H,14-16H2,(H,25,26)/t20-/m0/s1. The fourth-order valence-electron chi connectivity index (χ4n) is 3.05. The van der Waals surface area contributed by atoms with Crippen molar-refractivity contribution in [3.63, 3.8) is 0 Å². The second kappa shape index (κ2) is 9.13. The SMILES string of the molecule is O=C(COc1ccc(C(=O)c2ccccc2)cc1)NC[C@H]1COc2ccccc2O1. The lowest BCUT2D eigenvalue weighted by Gasteiger charge is -2.26. The first-order valence-corrected chi connectivity index (χ1v) is 9.67. The number of fused-ring (bicyclic) bond motifs is 1. The van der Waals surface area contributed by atoms with E-state index in [4.69, 9.17) is 14.2 Å². The van der Waals surface area contributed by atoms with Crippen LogP contribution in [0.2, 0.25) is 0 Å². The smallest absolute Gasteiger partial charge is 0.258 e. The van der Waals surface area contributed by atoms with Crippen LogP contribution in [0.4, 0.5) is 0 Å². The Morgan fingerprint density at radius 3 is 2.30 bits per heavy atom. The highest BCUT2D eigenvalue weighted by Crippen LogP contribution is 2.30. The van der Waals surface area contributed by atoms with Gasteiger partial charge in [-0.1, -0.05) is 42.5 Å². The molecule has 1 amide bonds. The quantitative estimate of drug-likeness (QED) is 0.613. The van der Waals surface area contributed by atoms with E-state index in [1.807, 2.05) is 42.5 Å². The molecule has 1 atom stereocenters. The number of ether oxygens (including phenoxy) is 3. The summed E-state index contributed by atoms with van der Waals surface area (Å²) in [7, 11) is 0. The summed E-state index contributed by atoms with van der Waals surface area (Å²) >= 11 is 0. The summed E-state index contributed by atoms with van der Waals surface area (Å²) < 4.78 is 16.9. The second-order valence-electron chi connectivity index (χ2n) is 6.81. The molecule has 0 saturated carbocycles. The maximum Gasteiger partial charge on any atom is 0.258 e. The molecule has 1 N–H and O–H groups in total. The average Bonchev–Trinajstić information content (AvgIpc) is 2.81. The van der Waals surface area contributed by atoms with Crippen molar-refractivity contribution in [2.75, 3.05) is 19.8 Å². The van der Waals surface area contributed by atoms with E-state index >= 15 is 0 Å². The second-order valence-corrected chi connectivity index (χ2v) is 6.81. The molecule has 6 nitrogen and oxygen atoms in total. The highest BCUT2D eigenvalue weighted by Gasteiger charge is 2.21. The Labute approximate surface area is 174 Å². The summed E-state index contributed by atoms with van der Waals surface area (Å²) in [5.74, 6) is 1.57. The van der Waals surface area contributed by atoms with Crippen LogP contribution in [0, 0.1) is 0 Å². The number of amides is 1. The van der Waals surface area contributed by atoms with Crippen molar-refractivity contribution < 1.29 is 23.8 Å². The molecule has 0 aliphatic carbocycles. The molecule has 6 heteroatoms. The largest absolute Gasteiger partial charge is 0.486 e. The summed E-state index contributed by atoms with van der Waals surface area (Å²) in [5.41, 5.74) is 1.19. The molecule has 3 aromatic rings. The van der Waals surface area contributed by atoms with E-state index in [0.717, 1.165) is 0 Å². The molecule has 0 aromatic heterocycles. The van der Waals surface area contributed by atoms with Crippen LogP contribution in [0.15, 0.2) is 78.9 Å². The molecule has 0 unspecified atom stereocenters. The van der Waals surface area contributed by atoms with Crippen LogP contribution < -0.4 is 19.5 Å². The molecular weight excluding hydrogens is 382 g/mol. The number of carbonyl (C=O) groups excluding carboxylic acids is 2. The van der Waals surface area contributed by atoms with E-state index < -0.39 is 0 Å². The maximum absolute atomic E-state index is 12.4. The molecule has 1 aliphatic rings. The van der Waals surface area contributed by atoms with Crippen LogP contribution in [0.25, 0.3) is 0 Å². The molecule has 1 aliphatic heterocycles. The van der Waals surface area contributed by atoms with Gasteiger partial charge < -0.3 is 19.5 Å². The molecule has 0 fully saturated rings. The van der Waals surface area contributed by atoms with Gasteiger partial charge in [-0.3, -0.25) is 9.59 Å². The van der Waals surface area contributed by atoms with Gasteiger partial charge in [0.15, 0.2) is 23.9 Å². The minimum atomic E-state index is -0.262. The summed E-state index contributed by atoms with van der Waals surface area (Å²) in [4.78, 5) is 24.5. The van der Waals surface area contributed by atoms with Gasteiger partial charge in [0.05, 0.1) is 6.54 Å². The van der Waals surface area contributed by atoms with Gasteiger partial charge in [0.1, 0.15) is 18.5 Å². The Balaban J connectivity index is 1.23. The van der Waals surface area contributed by atoms with Crippen molar-refractivity contribution in [2.24, 2.45) is 0 Å². The summed E-state index contributed by atoms with van der Waals surface area (Å²) in [6.45, 7) is 0.562. The molecule has 0 radical (unpaired) electrons. The number of hydrogen-bond donors (Lipinski definition) is 1. The van der Waals surface area contributed by atoms with Crippen molar-refractivity contribution in [1.29, 1.82) is 0 Å². The highest BCUT2D eigenvalue weighted by molar-refractivity contribution is 6.08. The Bertz CT molecular complexity index is 1020. The van der Waals surface area contributed by atoms with Crippen molar-refractivity contribution >= 4 is 11.7 Å².